The Morgan fingerprint density at radius 2 is 2.21 bits per heavy atom. The summed E-state index contributed by atoms with van der Waals surface area (Å²) in [5.74, 6) is -0.338. The predicted octanol–water partition coefficient (Wildman–Crippen LogP) is 4.14. The first kappa shape index (κ1) is 16.2. The van der Waals surface area contributed by atoms with Crippen LogP contribution in [0.15, 0.2) is 24.4 Å². The van der Waals surface area contributed by atoms with Gasteiger partial charge in [0, 0.05) is 29.2 Å². The Kier molecular flexibility index (Phi) is 4.36. The van der Waals surface area contributed by atoms with Crippen LogP contribution in [0.4, 0.5) is 0 Å². The number of aromatic nitrogens is 2. The monoisotopic (exact) mass is 339 g/mol. The number of hydrogen-bond acceptors (Lipinski definition) is 5. The molecule has 0 bridgehead atoms. The van der Waals surface area contributed by atoms with Crippen LogP contribution in [0.1, 0.15) is 34.8 Å². The summed E-state index contributed by atoms with van der Waals surface area (Å²) >= 11 is 1.32. The highest BCUT2D eigenvalue weighted by Crippen LogP contribution is 2.32. The van der Waals surface area contributed by atoms with Crippen molar-refractivity contribution in [1.29, 1.82) is 5.26 Å². The third kappa shape index (κ3) is 2.68. The molecule has 24 heavy (non-hydrogen) atoms. The molecule has 5 nitrogen and oxygen atoms in total. The first-order chi connectivity index (χ1) is 11.6. The standard InChI is InChI=1S/C18H17N3O2S/c1-4-21-10-13(9-19)14-8-12(6-7-15(14)21)17-20-11(3)16(24-17)18(22)23-5-2/h6-8,10H,4-5H2,1-3H3. The van der Waals surface area contributed by atoms with Gasteiger partial charge in [-0.05, 0) is 39.0 Å². The minimum atomic E-state index is -0.338. The maximum atomic E-state index is 12.0. The number of hydrogen-bond donors (Lipinski definition) is 0. The molecule has 0 unspecified atom stereocenters. The number of ether oxygens (including phenoxy) is 1. The summed E-state index contributed by atoms with van der Waals surface area (Å²) in [5.41, 5.74) is 3.24. The van der Waals surface area contributed by atoms with Gasteiger partial charge >= 0.3 is 5.97 Å². The van der Waals surface area contributed by atoms with Crippen LogP contribution in [-0.4, -0.2) is 22.1 Å². The van der Waals surface area contributed by atoms with Crippen LogP contribution in [0.3, 0.4) is 0 Å². The number of benzene rings is 1. The van der Waals surface area contributed by atoms with Crippen molar-refractivity contribution in [3.8, 4) is 16.6 Å². The van der Waals surface area contributed by atoms with Crippen LogP contribution in [0.5, 0.6) is 0 Å². The van der Waals surface area contributed by atoms with Gasteiger partial charge in [0.1, 0.15) is 16.0 Å². The summed E-state index contributed by atoms with van der Waals surface area (Å²) in [6, 6.07) is 8.18. The number of fused-ring (bicyclic) bond motifs is 1. The molecule has 0 atom stereocenters. The maximum Gasteiger partial charge on any atom is 0.350 e. The highest BCUT2D eigenvalue weighted by molar-refractivity contribution is 7.17. The number of carbonyl (C=O) groups is 1. The van der Waals surface area contributed by atoms with Crippen molar-refractivity contribution in [2.45, 2.75) is 27.3 Å². The van der Waals surface area contributed by atoms with Gasteiger partial charge < -0.3 is 9.30 Å². The number of nitrogens with zero attached hydrogens (tertiary/aromatic N) is 3. The Balaban J connectivity index is 2.09. The van der Waals surface area contributed by atoms with E-state index in [0.29, 0.717) is 22.7 Å². The molecule has 1 aromatic carbocycles. The molecule has 0 aliphatic carbocycles. The van der Waals surface area contributed by atoms with Gasteiger partial charge in [-0.15, -0.1) is 11.3 Å². The molecule has 3 rings (SSSR count). The number of esters is 1. The molecule has 0 radical (unpaired) electrons. The predicted molar refractivity (Wildman–Crippen MR) is 94.1 cm³/mol. The molecule has 0 N–H and O–H groups in total. The van der Waals surface area contributed by atoms with Gasteiger partial charge in [-0.2, -0.15) is 5.26 Å². The quantitative estimate of drug-likeness (QED) is 0.670. The van der Waals surface area contributed by atoms with Crippen molar-refractivity contribution in [2.75, 3.05) is 6.61 Å². The molecule has 0 spiro atoms. The average Bonchev–Trinajstić information content (AvgIpc) is 3.14. The first-order valence-electron chi connectivity index (χ1n) is 7.76. The second-order valence-corrected chi connectivity index (χ2v) is 6.33. The second kappa shape index (κ2) is 6.46. The Hall–Kier alpha value is -2.65. The third-order valence-corrected chi connectivity index (χ3v) is 5.03. The highest BCUT2D eigenvalue weighted by Gasteiger charge is 2.18. The van der Waals surface area contributed by atoms with Gasteiger partial charge in [0.15, 0.2) is 0 Å². The van der Waals surface area contributed by atoms with Crippen molar-refractivity contribution in [3.05, 3.63) is 40.5 Å². The molecular weight excluding hydrogens is 322 g/mol. The molecule has 0 amide bonds. The van der Waals surface area contributed by atoms with Crippen LogP contribution < -0.4 is 0 Å². The largest absolute Gasteiger partial charge is 0.462 e. The molecule has 3 aromatic rings. The van der Waals surface area contributed by atoms with Crippen LogP contribution >= 0.6 is 11.3 Å². The first-order valence-corrected chi connectivity index (χ1v) is 8.58. The van der Waals surface area contributed by atoms with Gasteiger partial charge in [0.2, 0.25) is 0 Å². The van der Waals surface area contributed by atoms with Crippen molar-refractivity contribution >= 4 is 28.2 Å². The summed E-state index contributed by atoms with van der Waals surface area (Å²) in [6.07, 6.45) is 1.87. The van der Waals surface area contributed by atoms with E-state index in [4.69, 9.17) is 4.74 Å². The van der Waals surface area contributed by atoms with E-state index < -0.39 is 0 Å². The van der Waals surface area contributed by atoms with Crippen molar-refractivity contribution in [3.63, 3.8) is 0 Å². The van der Waals surface area contributed by atoms with E-state index in [0.717, 1.165) is 28.0 Å². The summed E-state index contributed by atoms with van der Waals surface area (Å²) in [5, 5.41) is 11.0. The van der Waals surface area contributed by atoms with Crippen LogP contribution in [0.25, 0.3) is 21.5 Å². The fourth-order valence-corrected chi connectivity index (χ4v) is 3.64. The molecule has 0 saturated carbocycles. The number of aryl methyl sites for hydroxylation is 2. The number of nitriles is 1. The van der Waals surface area contributed by atoms with E-state index in [9.17, 15) is 10.1 Å². The van der Waals surface area contributed by atoms with E-state index in [1.54, 1.807) is 13.8 Å². The lowest BCUT2D eigenvalue weighted by atomic mass is 10.1. The Morgan fingerprint density at radius 1 is 1.42 bits per heavy atom. The zero-order chi connectivity index (χ0) is 17.3. The minimum absolute atomic E-state index is 0.338. The number of rotatable bonds is 4. The number of carbonyl (C=O) groups excluding carboxylic acids is 1. The topological polar surface area (TPSA) is 67.9 Å². The normalized spacial score (nSPS) is 10.8. The van der Waals surface area contributed by atoms with E-state index in [1.807, 2.05) is 31.3 Å². The third-order valence-electron chi connectivity index (χ3n) is 3.85. The molecule has 0 saturated heterocycles. The average molecular weight is 339 g/mol. The SMILES string of the molecule is CCOC(=O)c1sc(-c2ccc3c(c2)c(C#N)cn3CC)nc1C. The van der Waals surface area contributed by atoms with E-state index >= 15 is 0 Å². The van der Waals surface area contributed by atoms with Gasteiger partial charge in [0.25, 0.3) is 0 Å². The zero-order valence-corrected chi connectivity index (χ0v) is 14.6. The van der Waals surface area contributed by atoms with Crippen molar-refractivity contribution in [2.24, 2.45) is 0 Å². The van der Waals surface area contributed by atoms with Crippen LogP contribution in [0.2, 0.25) is 0 Å². The molecule has 0 aliphatic heterocycles. The Bertz CT molecular complexity index is 963. The van der Waals surface area contributed by atoms with Gasteiger partial charge in [0.05, 0.1) is 17.9 Å². The molecule has 122 valence electrons. The Morgan fingerprint density at radius 3 is 2.88 bits per heavy atom. The fraction of sp³-hybridized carbons (Fsp3) is 0.278. The fourth-order valence-electron chi connectivity index (χ4n) is 2.69. The smallest absolute Gasteiger partial charge is 0.350 e. The lowest BCUT2D eigenvalue weighted by Gasteiger charge is -2.01. The van der Waals surface area contributed by atoms with Crippen molar-refractivity contribution in [1.82, 2.24) is 9.55 Å². The maximum absolute atomic E-state index is 12.0. The lowest BCUT2D eigenvalue weighted by molar-refractivity contribution is 0.0531. The summed E-state index contributed by atoms with van der Waals surface area (Å²) in [6.45, 7) is 6.78. The lowest BCUT2D eigenvalue weighted by Crippen LogP contribution is -2.03. The van der Waals surface area contributed by atoms with Gasteiger partial charge in [-0.25, -0.2) is 9.78 Å². The summed E-state index contributed by atoms with van der Waals surface area (Å²) in [4.78, 5) is 17.0. The summed E-state index contributed by atoms with van der Waals surface area (Å²) in [7, 11) is 0. The van der Waals surface area contributed by atoms with Crippen LogP contribution in [0, 0.1) is 18.3 Å². The van der Waals surface area contributed by atoms with E-state index in [-0.39, 0.29) is 5.97 Å². The Labute approximate surface area is 144 Å². The molecule has 2 aromatic heterocycles. The second-order valence-electron chi connectivity index (χ2n) is 5.33. The van der Waals surface area contributed by atoms with E-state index in [2.05, 4.69) is 15.6 Å². The van der Waals surface area contributed by atoms with Gasteiger partial charge in [-0.1, -0.05) is 0 Å². The molecule has 0 fully saturated rings. The van der Waals surface area contributed by atoms with Crippen molar-refractivity contribution < 1.29 is 9.53 Å². The summed E-state index contributed by atoms with van der Waals surface area (Å²) < 4.78 is 7.12. The number of thiazole rings is 1. The van der Waals surface area contributed by atoms with Crippen LogP contribution in [-0.2, 0) is 11.3 Å². The molecular formula is C18H17N3O2S. The molecule has 2 heterocycles. The minimum Gasteiger partial charge on any atom is -0.462 e. The van der Waals surface area contributed by atoms with Gasteiger partial charge in [-0.3, -0.25) is 0 Å². The zero-order valence-electron chi connectivity index (χ0n) is 13.8. The highest BCUT2D eigenvalue weighted by atomic mass is 32.1. The molecule has 6 heteroatoms. The van der Waals surface area contributed by atoms with E-state index in [1.165, 1.54) is 11.3 Å². The molecule has 0 aliphatic rings.